The number of aromatic nitrogens is 2. The molecule has 1 aromatic heterocycles. The molecule has 2 rings (SSSR count). The first kappa shape index (κ1) is 16.3. The van der Waals surface area contributed by atoms with Crippen LogP contribution in [-0.4, -0.2) is 52.7 Å². The molecule has 0 saturated carbocycles. The minimum absolute atomic E-state index is 0.0234. The molecular weight excluding hydrogens is 301 g/mol. The van der Waals surface area contributed by atoms with Gasteiger partial charge in [-0.1, -0.05) is 0 Å². The van der Waals surface area contributed by atoms with Gasteiger partial charge in [-0.15, -0.1) is 0 Å². The number of carbonyl (C=O) groups is 2. The Labute approximate surface area is 125 Å². The molecule has 22 heavy (non-hydrogen) atoms. The Kier molecular flexibility index (Phi) is 4.72. The van der Waals surface area contributed by atoms with Gasteiger partial charge in [-0.2, -0.15) is 18.3 Å². The van der Waals surface area contributed by atoms with Crippen LogP contribution < -0.4 is 5.32 Å². The number of likely N-dealkylation sites (tertiary alicyclic amines) is 1. The topological polar surface area (TPSA) is 78.1 Å². The summed E-state index contributed by atoms with van der Waals surface area (Å²) in [7, 11) is 0. The second-order valence-corrected chi connectivity index (χ2v) is 5.29. The van der Waals surface area contributed by atoms with E-state index in [0.717, 1.165) is 12.8 Å². The van der Waals surface area contributed by atoms with Crippen molar-refractivity contribution >= 4 is 11.8 Å². The zero-order valence-electron chi connectivity index (χ0n) is 12.0. The number of H-pyrrole nitrogens is 1. The van der Waals surface area contributed by atoms with E-state index >= 15 is 0 Å². The third-order valence-electron chi connectivity index (χ3n) is 3.66. The molecule has 1 fully saturated rings. The molecule has 0 aromatic carbocycles. The smallest absolute Gasteiger partial charge is 0.343 e. The number of carbonyl (C=O) groups excluding carboxylic acids is 2. The number of piperidine rings is 1. The summed E-state index contributed by atoms with van der Waals surface area (Å²) >= 11 is 0. The molecule has 0 spiro atoms. The number of nitrogens with zero attached hydrogens (tertiary/aromatic N) is 2. The van der Waals surface area contributed by atoms with E-state index in [1.165, 1.54) is 13.0 Å². The molecule has 6 nitrogen and oxygen atoms in total. The Balaban J connectivity index is 1.92. The average molecular weight is 318 g/mol. The summed E-state index contributed by atoms with van der Waals surface area (Å²) in [6, 6.07) is 1.47. The normalized spacial score (nSPS) is 16.6. The number of rotatable bonds is 3. The molecule has 1 aliphatic heterocycles. The van der Waals surface area contributed by atoms with Crippen LogP contribution in [0.3, 0.4) is 0 Å². The van der Waals surface area contributed by atoms with Crippen LogP contribution >= 0.6 is 0 Å². The van der Waals surface area contributed by atoms with Crippen molar-refractivity contribution < 1.29 is 22.8 Å². The van der Waals surface area contributed by atoms with Gasteiger partial charge in [0.15, 0.2) is 0 Å². The van der Waals surface area contributed by atoms with Crippen molar-refractivity contribution in [3.05, 3.63) is 17.5 Å². The highest BCUT2D eigenvalue weighted by Gasteiger charge is 2.29. The molecule has 2 N–H and O–H groups in total. The van der Waals surface area contributed by atoms with Gasteiger partial charge in [0.25, 0.3) is 5.91 Å². The van der Waals surface area contributed by atoms with Crippen LogP contribution in [0.4, 0.5) is 13.2 Å². The summed E-state index contributed by atoms with van der Waals surface area (Å²) in [5, 5.41) is 8.24. The number of hydrogen-bond donors (Lipinski definition) is 2. The van der Waals surface area contributed by atoms with Crippen LogP contribution in [0.15, 0.2) is 6.07 Å². The fourth-order valence-corrected chi connectivity index (χ4v) is 2.44. The van der Waals surface area contributed by atoms with Gasteiger partial charge in [0, 0.05) is 31.6 Å². The first-order valence-corrected chi connectivity index (χ1v) is 6.92. The first-order valence-electron chi connectivity index (χ1n) is 6.92. The van der Waals surface area contributed by atoms with E-state index in [9.17, 15) is 22.8 Å². The van der Waals surface area contributed by atoms with Gasteiger partial charge < -0.3 is 10.2 Å². The summed E-state index contributed by atoms with van der Waals surface area (Å²) in [6.07, 6.45) is -2.99. The van der Waals surface area contributed by atoms with Gasteiger partial charge in [-0.3, -0.25) is 14.7 Å². The molecule has 1 saturated heterocycles. The monoisotopic (exact) mass is 318 g/mol. The molecule has 0 unspecified atom stereocenters. The molecule has 2 heterocycles. The number of hydrogen-bond acceptors (Lipinski definition) is 3. The van der Waals surface area contributed by atoms with Gasteiger partial charge in [0.05, 0.1) is 0 Å². The van der Waals surface area contributed by atoms with Crippen molar-refractivity contribution in [2.75, 3.05) is 19.6 Å². The third kappa shape index (κ3) is 4.22. The third-order valence-corrected chi connectivity index (χ3v) is 3.66. The van der Waals surface area contributed by atoms with Crippen LogP contribution in [0, 0.1) is 0 Å². The van der Waals surface area contributed by atoms with Crippen molar-refractivity contribution in [2.24, 2.45) is 0 Å². The van der Waals surface area contributed by atoms with Crippen molar-refractivity contribution in [1.29, 1.82) is 0 Å². The maximum Gasteiger partial charge on any atom is 0.405 e. The summed E-state index contributed by atoms with van der Waals surface area (Å²) in [5.74, 6) is -0.719. The lowest BCUT2D eigenvalue weighted by molar-refractivity contribution is -0.129. The van der Waals surface area contributed by atoms with E-state index in [4.69, 9.17) is 0 Å². The van der Waals surface area contributed by atoms with E-state index in [1.54, 1.807) is 10.2 Å². The predicted molar refractivity (Wildman–Crippen MR) is 71.2 cm³/mol. The Bertz CT molecular complexity index is 548. The first-order chi connectivity index (χ1) is 10.3. The summed E-state index contributed by atoms with van der Waals surface area (Å²) in [4.78, 5) is 24.6. The van der Waals surface area contributed by atoms with Crippen LogP contribution in [0.1, 0.15) is 41.9 Å². The molecule has 0 bridgehead atoms. The van der Waals surface area contributed by atoms with Gasteiger partial charge in [-0.25, -0.2) is 0 Å². The molecule has 0 atom stereocenters. The van der Waals surface area contributed by atoms with E-state index in [0.29, 0.717) is 18.8 Å². The molecule has 9 heteroatoms. The summed E-state index contributed by atoms with van der Waals surface area (Å²) in [5.41, 5.74) is 0.647. The summed E-state index contributed by atoms with van der Waals surface area (Å²) < 4.78 is 36.2. The van der Waals surface area contributed by atoms with Crippen LogP contribution in [0.25, 0.3) is 0 Å². The Morgan fingerprint density at radius 3 is 2.59 bits per heavy atom. The number of alkyl halides is 3. The van der Waals surface area contributed by atoms with Gasteiger partial charge in [-0.05, 0) is 18.9 Å². The molecular formula is C13H17F3N4O2. The number of aromatic amines is 1. The van der Waals surface area contributed by atoms with Gasteiger partial charge >= 0.3 is 6.18 Å². The maximum absolute atomic E-state index is 12.1. The Morgan fingerprint density at radius 1 is 1.41 bits per heavy atom. The van der Waals surface area contributed by atoms with Crippen molar-refractivity contribution in [2.45, 2.75) is 31.9 Å². The largest absolute Gasteiger partial charge is 0.405 e. The molecule has 0 radical (unpaired) electrons. The van der Waals surface area contributed by atoms with Gasteiger partial charge in [0.1, 0.15) is 12.2 Å². The van der Waals surface area contributed by atoms with E-state index in [1.807, 2.05) is 0 Å². The van der Waals surface area contributed by atoms with Crippen molar-refractivity contribution in [1.82, 2.24) is 20.4 Å². The fraction of sp³-hybridized carbons (Fsp3) is 0.615. The number of amides is 2. The molecule has 2 amide bonds. The molecule has 1 aliphatic rings. The zero-order chi connectivity index (χ0) is 16.3. The van der Waals surface area contributed by atoms with Crippen molar-refractivity contribution in [3.8, 4) is 0 Å². The molecule has 122 valence electrons. The fourth-order valence-electron chi connectivity index (χ4n) is 2.44. The second kappa shape index (κ2) is 6.37. The van der Waals surface area contributed by atoms with Crippen LogP contribution in [0.5, 0.6) is 0 Å². The Morgan fingerprint density at radius 2 is 2.05 bits per heavy atom. The van der Waals surface area contributed by atoms with Gasteiger partial charge in [0.2, 0.25) is 5.91 Å². The summed E-state index contributed by atoms with van der Waals surface area (Å²) in [6.45, 7) is 1.37. The highest BCUT2D eigenvalue weighted by molar-refractivity contribution is 5.92. The van der Waals surface area contributed by atoms with Crippen LogP contribution in [-0.2, 0) is 4.79 Å². The highest BCUT2D eigenvalue weighted by Crippen LogP contribution is 2.27. The average Bonchev–Trinajstić information content (AvgIpc) is 2.94. The minimum Gasteiger partial charge on any atom is -0.343 e. The lowest BCUT2D eigenvalue weighted by atomic mass is 9.93. The quantitative estimate of drug-likeness (QED) is 0.885. The predicted octanol–water partition coefficient (Wildman–Crippen LogP) is 1.43. The van der Waals surface area contributed by atoms with Crippen molar-refractivity contribution in [3.63, 3.8) is 0 Å². The maximum atomic E-state index is 12.1. The van der Waals surface area contributed by atoms with E-state index in [2.05, 4.69) is 10.2 Å². The minimum atomic E-state index is -4.45. The highest BCUT2D eigenvalue weighted by atomic mass is 19.4. The molecule has 1 aromatic rings. The van der Waals surface area contributed by atoms with Crippen LogP contribution in [0.2, 0.25) is 0 Å². The number of halogens is 3. The Hall–Kier alpha value is -2.06. The second-order valence-electron chi connectivity index (χ2n) is 5.29. The molecule has 0 aliphatic carbocycles. The number of nitrogens with one attached hydrogen (secondary N) is 2. The lowest BCUT2D eigenvalue weighted by Gasteiger charge is -2.30. The van der Waals surface area contributed by atoms with E-state index in [-0.39, 0.29) is 17.5 Å². The standard InChI is InChI=1S/C13H17F3N4O2/c1-8(21)20-4-2-9(3-5-20)10-6-11(19-18-10)12(22)17-7-13(14,15)16/h6,9H,2-5,7H2,1H3,(H,17,22)(H,18,19). The van der Waals surface area contributed by atoms with E-state index < -0.39 is 18.6 Å². The SMILES string of the molecule is CC(=O)N1CCC(c2cc(C(=O)NCC(F)(F)F)n[nH]2)CC1. The zero-order valence-corrected chi connectivity index (χ0v) is 12.0. The lowest BCUT2D eigenvalue weighted by Crippen LogP contribution is -2.36.